The van der Waals surface area contributed by atoms with Gasteiger partial charge in [-0.2, -0.15) is 0 Å². The van der Waals surface area contributed by atoms with E-state index in [9.17, 15) is 4.79 Å². The summed E-state index contributed by atoms with van der Waals surface area (Å²) in [6.07, 6.45) is 2.51. The van der Waals surface area contributed by atoms with Crippen LogP contribution in [0.15, 0.2) is 48.7 Å². The van der Waals surface area contributed by atoms with Gasteiger partial charge < -0.3 is 4.74 Å². The van der Waals surface area contributed by atoms with Crippen molar-refractivity contribution in [1.82, 2.24) is 4.98 Å². The molecule has 0 fully saturated rings. The number of amides is 1. The number of rotatable bonds is 7. The van der Waals surface area contributed by atoms with Crippen LogP contribution in [0.3, 0.4) is 0 Å². The van der Waals surface area contributed by atoms with Crippen LogP contribution in [0, 0.1) is 13.8 Å². The summed E-state index contributed by atoms with van der Waals surface area (Å²) in [6.45, 7) is 5.95. The maximum atomic E-state index is 12.6. The predicted molar refractivity (Wildman–Crippen MR) is 116 cm³/mol. The first-order chi connectivity index (χ1) is 13.4. The van der Waals surface area contributed by atoms with E-state index >= 15 is 0 Å². The SMILES string of the molecule is CCC(Oc1cc(C)cc(C)c1)C(=O)Nc1ncc(Cc2cccc(Cl)c2)s1. The van der Waals surface area contributed by atoms with Crippen molar-refractivity contribution < 1.29 is 9.53 Å². The molecule has 0 saturated heterocycles. The van der Waals surface area contributed by atoms with E-state index in [1.54, 1.807) is 6.20 Å². The lowest BCUT2D eigenvalue weighted by atomic mass is 10.1. The number of nitrogens with zero attached hydrogens (tertiary/aromatic N) is 1. The summed E-state index contributed by atoms with van der Waals surface area (Å²) in [7, 11) is 0. The number of nitrogens with one attached hydrogen (secondary N) is 1. The van der Waals surface area contributed by atoms with Crippen LogP contribution in [0.25, 0.3) is 0 Å². The average molecular weight is 415 g/mol. The molecule has 0 aliphatic carbocycles. The van der Waals surface area contributed by atoms with Crippen molar-refractivity contribution >= 4 is 34.0 Å². The Morgan fingerprint density at radius 2 is 1.96 bits per heavy atom. The molecule has 6 heteroatoms. The predicted octanol–water partition coefficient (Wildman–Crippen LogP) is 5.80. The minimum Gasteiger partial charge on any atom is -0.481 e. The molecule has 28 heavy (non-hydrogen) atoms. The first-order valence-corrected chi connectivity index (χ1v) is 10.4. The molecule has 0 aliphatic rings. The third-order valence-corrected chi connectivity index (χ3v) is 5.34. The van der Waals surface area contributed by atoms with E-state index in [1.165, 1.54) is 11.3 Å². The van der Waals surface area contributed by atoms with Gasteiger partial charge in [-0.1, -0.05) is 36.7 Å². The average Bonchev–Trinajstić information content (AvgIpc) is 3.05. The van der Waals surface area contributed by atoms with Gasteiger partial charge >= 0.3 is 0 Å². The van der Waals surface area contributed by atoms with Crippen LogP contribution in [0.2, 0.25) is 5.02 Å². The number of halogens is 1. The van der Waals surface area contributed by atoms with Gasteiger partial charge in [0.2, 0.25) is 0 Å². The van der Waals surface area contributed by atoms with E-state index in [-0.39, 0.29) is 5.91 Å². The van der Waals surface area contributed by atoms with Crippen molar-refractivity contribution in [2.24, 2.45) is 0 Å². The van der Waals surface area contributed by atoms with Crippen molar-refractivity contribution in [3.05, 3.63) is 75.3 Å². The molecule has 0 spiro atoms. The summed E-state index contributed by atoms with van der Waals surface area (Å²) in [5.74, 6) is 0.519. The summed E-state index contributed by atoms with van der Waals surface area (Å²) in [6, 6.07) is 13.7. The normalized spacial score (nSPS) is 11.9. The minimum atomic E-state index is -0.568. The van der Waals surface area contributed by atoms with Crippen LogP contribution in [0.5, 0.6) is 5.75 Å². The Morgan fingerprint density at radius 3 is 2.64 bits per heavy atom. The van der Waals surface area contributed by atoms with Gasteiger partial charge in [0, 0.05) is 22.5 Å². The van der Waals surface area contributed by atoms with Gasteiger partial charge in [-0.3, -0.25) is 10.1 Å². The third kappa shape index (κ3) is 5.57. The number of benzene rings is 2. The van der Waals surface area contributed by atoms with Crippen LogP contribution in [0.4, 0.5) is 5.13 Å². The summed E-state index contributed by atoms with van der Waals surface area (Å²) in [4.78, 5) is 18.0. The first-order valence-electron chi connectivity index (χ1n) is 9.18. The highest BCUT2D eigenvalue weighted by molar-refractivity contribution is 7.15. The van der Waals surface area contributed by atoms with Crippen LogP contribution in [-0.2, 0) is 11.2 Å². The van der Waals surface area contributed by atoms with Crippen molar-refractivity contribution in [2.45, 2.75) is 39.7 Å². The lowest BCUT2D eigenvalue weighted by molar-refractivity contribution is -0.122. The Labute approximate surface area is 174 Å². The monoisotopic (exact) mass is 414 g/mol. The zero-order valence-electron chi connectivity index (χ0n) is 16.2. The number of aromatic nitrogens is 1. The van der Waals surface area contributed by atoms with E-state index < -0.39 is 6.10 Å². The van der Waals surface area contributed by atoms with Gasteiger partial charge in [0.15, 0.2) is 11.2 Å². The highest BCUT2D eigenvalue weighted by atomic mass is 35.5. The number of thiazole rings is 1. The standard InChI is InChI=1S/C22H23ClN2O2S/c1-4-20(27-18-9-14(2)8-15(3)10-18)21(26)25-22-24-13-19(28-22)12-16-6-5-7-17(23)11-16/h5-11,13,20H,4,12H2,1-3H3,(H,24,25,26). The van der Waals surface area contributed by atoms with Gasteiger partial charge in [-0.05, 0) is 61.2 Å². The number of carbonyl (C=O) groups is 1. The lowest BCUT2D eigenvalue weighted by Gasteiger charge is -2.17. The van der Waals surface area contributed by atoms with Crippen LogP contribution in [0.1, 0.15) is 34.9 Å². The maximum absolute atomic E-state index is 12.6. The molecular formula is C22H23ClN2O2S. The molecule has 2 aromatic carbocycles. The Morgan fingerprint density at radius 1 is 1.21 bits per heavy atom. The van der Waals surface area contributed by atoms with Crippen LogP contribution < -0.4 is 10.1 Å². The summed E-state index contributed by atoms with van der Waals surface area (Å²) in [5.41, 5.74) is 3.32. The number of hydrogen-bond acceptors (Lipinski definition) is 4. The molecule has 146 valence electrons. The van der Waals surface area contributed by atoms with Gasteiger partial charge in [0.05, 0.1) is 0 Å². The fraction of sp³-hybridized carbons (Fsp3) is 0.273. The van der Waals surface area contributed by atoms with E-state index in [0.717, 1.165) is 28.0 Å². The van der Waals surface area contributed by atoms with Crippen molar-refractivity contribution in [1.29, 1.82) is 0 Å². The van der Waals surface area contributed by atoms with E-state index in [2.05, 4.69) is 16.4 Å². The summed E-state index contributed by atoms with van der Waals surface area (Å²) >= 11 is 7.50. The van der Waals surface area contributed by atoms with Crippen LogP contribution in [-0.4, -0.2) is 17.0 Å². The third-order valence-electron chi connectivity index (χ3n) is 4.19. The number of hydrogen-bond donors (Lipinski definition) is 1. The molecule has 0 bridgehead atoms. The van der Waals surface area contributed by atoms with Gasteiger partial charge in [0.1, 0.15) is 5.75 Å². The summed E-state index contributed by atoms with van der Waals surface area (Å²) in [5, 5.41) is 4.16. The first kappa shape index (κ1) is 20.4. The fourth-order valence-electron chi connectivity index (χ4n) is 2.97. The number of carbonyl (C=O) groups excluding carboxylic acids is 1. The molecule has 0 radical (unpaired) electrons. The molecule has 1 aromatic heterocycles. The van der Waals surface area contributed by atoms with E-state index in [4.69, 9.17) is 16.3 Å². The Kier molecular flexibility index (Phi) is 6.70. The van der Waals surface area contributed by atoms with Crippen molar-refractivity contribution in [2.75, 3.05) is 5.32 Å². The molecule has 3 aromatic rings. The van der Waals surface area contributed by atoms with Gasteiger partial charge in [-0.15, -0.1) is 11.3 Å². The molecule has 0 saturated carbocycles. The second-order valence-electron chi connectivity index (χ2n) is 6.77. The zero-order chi connectivity index (χ0) is 20.1. The molecule has 3 rings (SSSR count). The second-order valence-corrected chi connectivity index (χ2v) is 8.32. The van der Waals surface area contributed by atoms with E-state index in [1.807, 2.05) is 57.2 Å². The van der Waals surface area contributed by atoms with Crippen molar-refractivity contribution in [3.8, 4) is 5.75 Å². The molecule has 0 aliphatic heterocycles. The molecule has 4 nitrogen and oxygen atoms in total. The van der Waals surface area contributed by atoms with Crippen LogP contribution >= 0.6 is 22.9 Å². The van der Waals surface area contributed by atoms with Gasteiger partial charge in [-0.25, -0.2) is 4.98 Å². The molecule has 1 amide bonds. The molecular weight excluding hydrogens is 392 g/mol. The number of ether oxygens (including phenoxy) is 1. The Bertz CT molecular complexity index is 950. The molecule has 1 N–H and O–H groups in total. The maximum Gasteiger partial charge on any atom is 0.267 e. The number of anilines is 1. The van der Waals surface area contributed by atoms with Crippen molar-refractivity contribution in [3.63, 3.8) is 0 Å². The highest BCUT2D eigenvalue weighted by Crippen LogP contribution is 2.24. The fourth-order valence-corrected chi connectivity index (χ4v) is 4.03. The highest BCUT2D eigenvalue weighted by Gasteiger charge is 2.20. The topological polar surface area (TPSA) is 51.2 Å². The largest absolute Gasteiger partial charge is 0.481 e. The van der Waals surface area contributed by atoms with Gasteiger partial charge in [0.25, 0.3) is 5.91 Å². The quantitative estimate of drug-likeness (QED) is 0.531. The summed E-state index contributed by atoms with van der Waals surface area (Å²) < 4.78 is 5.93. The lowest BCUT2D eigenvalue weighted by Crippen LogP contribution is -2.32. The second kappa shape index (κ2) is 9.22. The number of aryl methyl sites for hydroxylation is 2. The molecule has 1 heterocycles. The Hall–Kier alpha value is -2.37. The Balaban J connectivity index is 1.63. The molecule has 1 unspecified atom stereocenters. The van der Waals surface area contributed by atoms with E-state index in [0.29, 0.717) is 22.3 Å². The minimum absolute atomic E-state index is 0.190. The smallest absolute Gasteiger partial charge is 0.267 e. The molecule has 1 atom stereocenters. The zero-order valence-corrected chi connectivity index (χ0v) is 17.7.